The first kappa shape index (κ1) is 14.0. The largest absolute Gasteiger partial charge is 0.338 e. The molecule has 1 aliphatic rings. The lowest BCUT2D eigenvalue weighted by molar-refractivity contribution is -0.142. The molecule has 0 radical (unpaired) electrons. The SMILES string of the molecule is CCC(C)(C#N)C(=O)N1CC(C)N(C)C(C)C1. The Morgan fingerprint density at radius 3 is 2.24 bits per heavy atom. The summed E-state index contributed by atoms with van der Waals surface area (Å²) < 4.78 is 0. The van der Waals surface area contributed by atoms with Crippen LogP contribution in [-0.2, 0) is 4.79 Å². The van der Waals surface area contributed by atoms with Crippen LogP contribution in [0.5, 0.6) is 0 Å². The fraction of sp³-hybridized carbons (Fsp3) is 0.846. The van der Waals surface area contributed by atoms with Crippen molar-refractivity contribution >= 4 is 5.91 Å². The Kier molecular flexibility index (Phi) is 4.16. The summed E-state index contributed by atoms with van der Waals surface area (Å²) in [5, 5.41) is 9.16. The summed E-state index contributed by atoms with van der Waals surface area (Å²) in [5.74, 6) is -0.0192. The van der Waals surface area contributed by atoms with Crippen molar-refractivity contribution < 1.29 is 4.79 Å². The predicted octanol–water partition coefficient (Wildman–Crippen LogP) is 1.48. The van der Waals surface area contributed by atoms with Gasteiger partial charge < -0.3 is 4.90 Å². The minimum absolute atomic E-state index is 0.0192. The van der Waals surface area contributed by atoms with E-state index >= 15 is 0 Å². The second-order valence-corrected chi connectivity index (χ2v) is 5.37. The standard InChI is InChI=1S/C13H23N3O/c1-6-13(4,9-14)12(17)16-7-10(2)15(5)11(3)8-16/h10-11H,6-8H2,1-5H3. The number of hydrogen-bond acceptors (Lipinski definition) is 3. The third kappa shape index (κ3) is 2.61. The van der Waals surface area contributed by atoms with Gasteiger partial charge in [-0.2, -0.15) is 5.26 Å². The highest BCUT2D eigenvalue weighted by atomic mass is 16.2. The molecule has 0 aromatic heterocycles. The number of likely N-dealkylation sites (N-methyl/N-ethyl adjacent to an activating group) is 1. The third-order valence-electron chi connectivity index (χ3n) is 4.07. The molecule has 4 nitrogen and oxygen atoms in total. The van der Waals surface area contributed by atoms with E-state index in [2.05, 4.69) is 31.9 Å². The molecule has 1 rings (SSSR count). The molecule has 4 heteroatoms. The summed E-state index contributed by atoms with van der Waals surface area (Å²) in [6.07, 6.45) is 0.567. The van der Waals surface area contributed by atoms with E-state index in [1.54, 1.807) is 6.92 Å². The number of nitriles is 1. The Balaban J connectivity index is 2.82. The maximum atomic E-state index is 12.4. The summed E-state index contributed by atoms with van der Waals surface area (Å²) in [4.78, 5) is 16.5. The van der Waals surface area contributed by atoms with Crippen molar-refractivity contribution in [2.24, 2.45) is 5.41 Å². The molecule has 0 spiro atoms. The Morgan fingerprint density at radius 2 is 1.88 bits per heavy atom. The second-order valence-electron chi connectivity index (χ2n) is 5.37. The number of hydrogen-bond donors (Lipinski definition) is 0. The van der Waals surface area contributed by atoms with E-state index in [0.717, 1.165) is 13.1 Å². The number of amides is 1. The van der Waals surface area contributed by atoms with Gasteiger partial charge in [0, 0.05) is 25.2 Å². The molecule has 0 bridgehead atoms. The predicted molar refractivity (Wildman–Crippen MR) is 67.3 cm³/mol. The molecule has 3 unspecified atom stereocenters. The average molecular weight is 237 g/mol. The molecule has 1 fully saturated rings. The van der Waals surface area contributed by atoms with Crippen LogP contribution in [0.15, 0.2) is 0 Å². The lowest BCUT2D eigenvalue weighted by Crippen LogP contribution is -2.58. The van der Waals surface area contributed by atoms with Crippen LogP contribution in [0.2, 0.25) is 0 Å². The minimum Gasteiger partial charge on any atom is -0.338 e. The van der Waals surface area contributed by atoms with Crippen LogP contribution in [0.3, 0.4) is 0 Å². The summed E-state index contributed by atoms with van der Waals surface area (Å²) in [6.45, 7) is 9.30. The van der Waals surface area contributed by atoms with Crippen LogP contribution in [-0.4, -0.2) is 47.9 Å². The van der Waals surface area contributed by atoms with Gasteiger partial charge in [-0.3, -0.25) is 9.69 Å². The fourth-order valence-electron chi connectivity index (χ4n) is 2.20. The van der Waals surface area contributed by atoms with Crippen LogP contribution in [0.25, 0.3) is 0 Å². The van der Waals surface area contributed by atoms with Gasteiger partial charge in [0.05, 0.1) is 6.07 Å². The molecule has 0 N–H and O–H groups in total. The Hall–Kier alpha value is -1.08. The van der Waals surface area contributed by atoms with Crippen molar-refractivity contribution in [2.75, 3.05) is 20.1 Å². The molecular weight excluding hydrogens is 214 g/mol. The number of piperazine rings is 1. The first-order valence-corrected chi connectivity index (χ1v) is 6.28. The Labute approximate surface area is 104 Å². The van der Waals surface area contributed by atoms with Gasteiger partial charge in [0.15, 0.2) is 0 Å². The molecule has 3 atom stereocenters. The molecule has 0 saturated carbocycles. The highest BCUT2D eigenvalue weighted by molar-refractivity contribution is 5.85. The lowest BCUT2D eigenvalue weighted by atomic mass is 9.87. The maximum Gasteiger partial charge on any atom is 0.242 e. The molecule has 0 aromatic carbocycles. The second kappa shape index (κ2) is 5.05. The number of carbonyl (C=O) groups is 1. The van der Waals surface area contributed by atoms with Crippen molar-refractivity contribution in [3.63, 3.8) is 0 Å². The Bertz CT molecular complexity index is 324. The van der Waals surface area contributed by atoms with Crippen LogP contribution in [0.1, 0.15) is 34.1 Å². The summed E-state index contributed by atoms with van der Waals surface area (Å²) in [6, 6.07) is 2.86. The molecule has 0 aliphatic carbocycles. The summed E-state index contributed by atoms with van der Waals surface area (Å²) in [7, 11) is 2.08. The smallest absolute Gasteiger partial charge is 0.242 e. The lowest BCUT2D eigenvalue weighted by Gasteiger charge is -2.44. The maximum absolute atomic E-state index is 12.4. The monoisotopic (exact) mass is 237 g/mol. The van der Waals surface area contributed by atoms with E-state index in [1.807, 2.05) is 11.8 Å². The van der Waals surface area contributed by atoms with Gasteiger partial charge in [-0.25, -0.2) is 0 Å². The zero-order chi connectivity index (χ0) is 13.2. The number of carbonyl (C=O) groups excluding carboxylic acids is 1. The third-order valence-corrected chi connectivity index (χ3v) is 4.07. The summed E-state index contributed by atoms with van der Waals surface area (Å²) in [5.41, 5.74) is -0.866. The van der Waals surface area contributed by atoms with E-state index in [4.69, 9.17) is 5.26 Å². The molecular formula is C13H23N3O. The molecule has 1 saturated heterocycles. The van der Waals surface area contributed by atoms with Crippen molar-refractivity contribution in [3.05, 3.63) is 0 Å². The number of rotatable bonds is 2. The zero-order valence-corrected chi connectivity index (χ0v) is 11.5. The molecule has 0 aromatic rings. The van der Waals surface area contributed by atoms with Crippen molar-refractivity contribution in [3.8, 4) is 6.07 Å². The van der Waals surface area contributed by atoms with Crippen LogP contribution in [0, 0.1) is 16.7 Å². The molecule has 1 heterocycles. The normalized spacial score (nSPS) is 29.5. The van der Waals surface area contributed by atoms with Crippen LogP contribution >= 0.6 is 0 Å². The minimum atomic E-state index is -0.866. The highest BCUT2D eigenvalue weighted by Gasteiger charge is 2.38. The van der Waals surface area contributed by atoms with Crippen molar-refractivity contribution in [1.29, 1.82) is 5.26 Å². The topological polar surface area (TPSA) is 47.3 Å². The van der Waals surface area contributed by atoms with Crippen LogP contribution in [0.4, 0.5) is 0 Å². The molecule has 96 valence electrons. The van der Waals surface area contributed by atoms with Gasteiger partial charge in [-0.1, -0.05) is 6.92 Å². The first-order valence-electron chi connectivity index (χ1n) is 6.28. The van der Waals surface area contributed by atoms with Gasteiger partial charge >= 0.3 is 0 Å². The number of nitrogens with zero attached hydrogens (tertiary/aromatic N) is 3. The summed E-state index contributed by atoms with van der Waals surface area (Å²) >= 11 is 0. The molecule has 1 aliphatic heterocycles. The van der Waals surface area contributed by atoms with E-state index in [-0.39, 0.29) is 5.91 Å². The van der Waals surface area contributed by atoms with Gasteiger partial charge in [-0.15, -0.1) is 0 Å². The zero-order valence-electron chi connectivity index (χ0n) is 11.5. The van der Waals surface area contributed by atoms with Gasteiger partial charge in [0.1, 0.15) is 5.41 Å². The van der Waals surface area contributed by atoms with Crippen LogP contribution < -0.4 is 0 Å². The van der Waals surface area contributed by atoms with E-state index < -0.39 is 5.41 Å². The molecule has 1 amide bonds. The van der Waals surface area contributed by atoms with Gasteiger partial charge in [-0.05, 0) is 34.2 Å². The Morgan fingerprint density at radius 1 is 1.41 bits per heavy atom. The average Bonchev–Trinajstić information content (AvgIpc) is 2.33. The highest BCUT2D eigenvalue weighted by Crippen LogP contribution is 2.25. The van der Waals surface area contributed by atoms with Gasteiger partial charge in [0.25, 0.3) is 0 Å². The van der Waals surface area contributed by atoms with Crippen molar-refractivity contribution in [1.82, 2.24) is 9.80 Å². The van der Waals surface area contributed by atoms with Gasteiger partial charge in [0.2, 0.25) is 5.91 Å². The quantitative estimate of drug-likeness (QED) is 0.731. The van der Waals surface area contributed by atoms with E-state index in [9.17, 15) is 4.79 Å². The first-order chi connectivity index (χ1) is 7.85. The molecule has 17 heavy (non-hydrogen) atoms. The fourth-order valence-corrected chi connectivity index (χ4v) is 2.20. The van der Waals surface area contributed by atoms with Crippen molar-refractivity contribution in [2.45, 2.75) is 46.2 Å². The van der Waals surface area contributed by atoms with E-state index in [1.165, 1.54) is 0 Å². The van der Waals surface area contributed by atoms with E-state index in [0.29, 0.717) is 18.5 Å².